The van der Waals surface area contributed by atoms with Crippen LogP contribution in [0, 0.1) is 0 Å². The van der Waals surface area contributed by atoms with Gasteiger partial charge >= 0.3 is 12.0 Å². The van der Waals surface area contributed by atoms with Gasteiger partial charge in [-0.3, -0.25) is 0 Å². The van der Waals surface area contributed by atoms with Gasteiger partial charge in [-0.25, -0.2) is 18.0 Å². The highest BCUT2D eigenvalue weighted by Gasteiger charge is 2.27. The maximum atomic E-state index is 12.1. The molecule has 0 saturated carbocycles. The Hall–Kier alpha value is -0.960. The van der Waals surface area contributed by atoms with E-state index in [-0.39, 0.29) is 12.2 Å². The average Bonchev–Trinajstić information content (AvgIpc) is 2.41. The molecule has 0 aromatic heterocycles. The van der Waals surface area contributed by atoms with Gasteiger partial charge in [-0.1, -0.05) is 6.92 Å². The molecular formula is C12H22N2O5S2. The highest BCUT2D eigenvalue weighted by molar-refractivity contribution is 8.00. The van der Waals surface area contributed by atoms with Gasteiger partial charge in [0.05, 0.1) is 5.75 Å². The monoisotopic (exact) mass is 338 g/mol. The van der Waals surface area contributed by atoms with Gasteiger partial charge in [0.25, 0.3) is 0 Å². The minimum Gasteiger partial charge on any atom is -0.480 e. The molecule has 1 heterocycles. The summed E-state index contributed by atoms with van der Waals surface area (Å²) in [7, 11) is -3.26. The molecule has 2 atom stereocenters. The van der Waals surface area contributed by atoms with Crippen LogP contribution in [-0.2, 0) is 14.6 Å². The number of hydrogen-bond acceptors (Lipinski definition) is 5. The molecule has 1 rings (SSSR count). The summed E-state index contributed by atoms with van der Waals surface area (Å²) in [6.07, 6.45) is 1.87. The molecule has 0 aromatic carbocycles. The van der Waals surface area contributed by atoms with Gasteiger partial charge < -0.3 is 15.3 Å². The highest BCUT2D eigenvalue weighted by atomic mass is 32.2. The van der Waals surface area contributed by atoms with Gasteiger partial charge in [0.1, 0.15) is 15.9 Å². The number of rotatable bonds is 6. The van der Waals surface area contributed by atoms with E-state index in [2.05, 4.69) is 5.32 Å². The van der Waals surface area contributed by atoms with Crippen molar-refractivity contribution >= 4 is 33.6 Å². The lowest BCUT2D eigenvalue weighted by molar-refractivity contribution is -0.139. The Morgan fingerprint density at radius 3 is 2.67 bits per heavy atom. The molecule has 122 valence electrons. The summed E-state index contributed by atoms with van der Waals surface area (Å²) in [6.45, 7) is 3.21. The second-order valence-electron chi connectivity index (χ2n) is 5.11. The van der Waals surface area contributed by atoms with E-state index in [1.807, 2.05) is 6.92 Å². The number of nitrogens with zero attached hydrogens (tertiary/aromatic N) is 1. The number of aliphatic carboxylic acids is 1. The van der Waals surface area contributed by atoms with Gasteiger partial charge in [-0.05, 0) is 12.8 Å². The summed E-state index contributed by atoms with van der Waals surface area (Å²) in [4.78, 5) is 24.8. The quantitative estimate of drug-likeness (QED) is 0.727. The molecule has 0 bridgehead atoms. The Kier molecular flexibility index (Phi) is 6.79. The van der Waals surface area contributed by atoms with E-state index in [1.165, 1.54) is 0 Å². The predicted molar refractivity (Wildman–Crippen MR) is 82.4 cm³/mol. The summed E-state index contributed by atoms with van der Waals surface area (Å²) >= 11 is 1.81. The van der Waals surface area contributed by atoms with Crippen molar-refractivity contribution in [2.75, 3.05) is 30.9 Å². The fraction of sp³-hybridized carbons (Fsp3) is 0.833. The van der Waals surface area contributed by atoms with E-state index in [1.54, 1.807) is 16.7 Å². The van der Waals surface area contributed by atoms with Crippen LogP contribution in [0.2, 0.25) is 0 Å². The Bertz CT molecular complexity index is 480. The van der Waals surface area contributed by atoms with Crippen molar-refractivity contribution in [3.63, 3.8) is 0 Å². The van der Waals surface area contributed by atoms with E-state index >= 15 is 0 Å². The Morgan fingerprint density at radius 2 is 2.14 bits per heavy atom. The number of thioether (sulfide) groups is 1. The number of carbonyl (C=O) groups is 2. The van der Waals surface area contributed by atoms with Gasteiger partial charge in [0, 0.05) is 30.3 Å². The van der Waals surface area contributed by atoms with Gasteiger partial charge in [-0.15, -0.1) is 0 Å². The van der Waals surface area contributed by atoms with E-state index in [0.717, 1.165) is 18.4 Å². The number of urea groups is 1. The first kappa shape index (κ1) is 18.1. The Morgan fingerprint density at radius 1 is 1.48 bits per heavy atom. The van der Waals surface area contributed by atoms with Crippen molar-refractivity contribution in [3.05, 3.63) is 0 Å². The number of amides is 2. The average molecular weight is 338 g/mol. The lowest BCUT2D eigenvalue weighted by Gasteiger charge is -2.32. The molecule has 7 nitrogen and oxygen atoms in total. The van der Waals surface area contributed by atoms with Crippen LogP contribution < -0.4 is 5.32 Å². The molecule has 1 aliphatic rings. The fourth-order valence-electron chi connectivity index (χ4n) is 1.98. The van der Waals surface area contributed by atoms with Gasteiger partial charge in [-0.2, -0.15) is 11.8 Å². The number of sulfone groups is 1. The predicted octanol–water partition coefficient (Wildman–Crippen LogP) is 0.411. The van der Waals surface area contributed by atoms with Crippen LogP contribution in [0.1, 0.15) is 19.8 Å². The smallest absolute Gasteiger partial charge is 0.326 e. The summed E-state index contributed by atoms with van der Waals surface area (Å²) in [5, 5.41) is 11.9. The SMILES string of the molecule is CCC1CN(C(=O)NC(CCS(C)(=O)=O)C(=O)O)CCS1. The molecular weight excluding hydrogens is 316 g/mol. The highest BCUT2D eigenvalue weighted by Crippen LogP contribution is 2.21. The van der Waals surface area contributed by atoms with Crippen molar-refractivity contribution in [1.82, 2.24) is 10.2 Å². The maximum Gasteiger partial charge on any atom is 0.326 e. The lowest BCUT2D eigenvalue weighted by atomic mass is 10.2. The number of nitrogens with one attached hydrogen (secondary N) is 1. The summed E-state index contributed by atoms with van der Waals surface area (Å²) < 4.78 is 22.2. The molecule has 0 aromatic rings. The summed E-state index contributed by atoms with van der Waals surface area (Å²) in [6, 6.07) is -1.61. The van der Waals surface area contributed by atoms with E-state index in [0.29, 0.717) is 18.3 Å². The van der Waals surface area contributed by atoms with Crippen molar-refractivity contribution in [3.8, 4) is 0 Å². The molecule has 1 aliphatic heterocycles. The first-order valence-corrected chi connectivity index (χ1v) is 9.91. The summed E-state index contributed by atoms with van der Waals surface area (Å²) in [5.74, 6) is -0.657. The van der Waals surface area contributed by atoms with Crippen LogP contribution in [0.5, 0.6) is 0 Å². The first-order chi connectivity index (χ1) is 9.73. The minimum atomic E-state index is -3.26. The second-order valence-corrected chi connectivity index (χ2v) is 8.77. The van der Waals surface area contributed by atoms with Crippen LogP contribution in [0.15, 0.2) is 0 Å². The molecule has 0 radical (unpaired) electrons. The number of carbonyl (C=O) groups excluding carboxylic acids is 1. The molecule has 21 heavy (non-hydrogen) atoms. The van der Waals surface area contributed by atoms with Gasteiger partial charge in [0.2, 0.25) is 0 Å². The standard InChI is InChI=1S/C12H22N2O5S2/c1-3-9-8-14(5-6-20-9)12(17)13-10(11(15)16)4-7-21(2,18)19/h9-10H,3-8H2,1-2H3,(H,13,17)(H,15,16). The maximum absolute atomic E-state index is 12.1. The van der Waals surface area contributed by atoms with Crippen molar-refractivity contribution in [2.24, 2.45) is 0 Å². The molecule has 2 amide bonds. The van der Waals surface area contributed by atoms with Gasteiger partial charge in [0.15, 0.2) is 0 Å². The molecule has 9 heteroatoms. The topological polar surface area (TPSA) is 104 Å². The second kappa shape index (κ2) is 7.88. The third-order valence-corrected chi connectivity index (χ3v) is 5.60. The zero-order valence-corrected chi connectivity index (χ0v) is 13.9. The van der Waals surface area contributed by atoms with Crippen LogP contribution in [0.4, 0.5) is 4.79 Å². The Labute approximate surface area is 129 Å². The first-order valence-electron chi connectivity index (χ1n) is 6.80. The van der Waals surface area contributed by atoms with E-state index in [9.17, 15) is 18.0 Å². The molecule has 1 saturated heterocycles. The van der Waals surface area contributed by atoms with Crippen LogP contribution >= 0.6 is 11.8 Å². The molecule has 0 aliphatic carbocycles. The zero-order valence-electron chi connectivity index (χ0n) is 12.2. The fourth-order valence-corrected chi connectivity index (χ4v) is 3.82. The Balaban J connectivity index is 2.57. The molecule has 1 fully saturated rings. The van der Waals surface area contributed by atoms with Crippen molar-refractivity contribution < 1.29 is 23.1 Å². The van der Waals surface area contributed by atoms with E-state index in [4.69, 9.17) is 5.11 Å². The van der Waals surface area contributed by atoms with Crippen LogP contribution in [-0.4, -0.2) is 72.6 Å². The van der Waals surface area contributed by atoms with Crippen LogP contribution in [0.3, 0.4) is 0 Å². The third kappa shape index (κ3) is 6.56. The lowest BCUT2D eigenvalue weighted by Crippen LogP contribution is -2.52. The molecule has 2 unspecified atom stereocenters. The molecule has 0 spiro atoms. The summed E-state index contributed by atoms with van der Waals surface area (Å²) in [5.41, 5.74) is 0. The zero-order chi connectivity index (χ0) is 16.0. The number of hydrogen-bond donors (Lipinski definition) is 2. The minimum absolute atomic E-state index is 0.125. The number of carboxylic acids is 1. The number of carboxylic acid groups (broad SMARTS) is 1. The van der Waals surface area contributed by atoms with E-state index < -0.39 is 27.9 Å². The third-order valence-electron chi connectivity index (χ3n) is 3.25. The van der Waals surface area contributed by atoms with Crippen molar-refractivity contribution in [2.45, 2.75) is 31.1 Å². The van der Waals surface area contributed by atoms with Crippen LogP contribution in [0.25, 0.3) is 0 Å². The van der Waals surface area contributed by atoms with Crippen molar-refractivity contribution in [1.29, 1.82) is 0 Å². The normalized spacial score (nSPS) is 20.9. The molecule has 2 N–H and O–H groups in total. The largest absolute Gasteiger partial charge is 0.480 e.